The smallest absolute Gasteiger partial charge is 0.269 e. The Morgan fingerprint density at radius 2 is 1.94 bits per heavy atom. The van der Waals surface area contributed by atoms with Crippen LogP contribution in [-0.2, 0) is 6.54 Å². The molecule has 1 amide bonds. The Morgan fingerprint density at radius 1 is 1.10 bits per heavy atom. The number of benzene rings is 2. The van der Waals surface area contributed by atoms with Crippen LogP contribution in [0.25, 0.3) is 5.69 Å². The van der Waals surface area contributed by atoms with E-state index in [-0.39, 0.29) is 17.1 Å². The highest BCUT2D eigenvalue weighted by Crippen LogP contribution is 2.18. The summed E-state index contributed by atoms with van der Waals surface area (Å²) >= 11 is 5.71. The van der Waals surface area contributed by atoms with Gasteiger partial charge in [-0.3, -0.25) is 19.5 Å². The van der Waals surface area contributed by atoms with E-state index in [0.29, 0.717) is 17.1 Å². The van der Waals surface area contributed by atoms with Gasteiger partial charge in [0.1, 0.15) is 11.6 Å². The summed E-state index contributed by atoms with van der Waals surface area (Å²) < 4.78 is 16.3. The van der Waals surface area contributed by atoms with Gasteiger partial charge in [0, 0.05) is 23.8 Å². The van der Waals surface area contributed by atoms with Gasteiger partial charge in [-0.15, -0.1) is 0 Å². The Balaban J connectivity index is 1.56. The van der Waals surface area contributed by atoms with Crippen molar-refractivity contribution in [3.8, 4) is 5.69 Å². The molecular weight excluding hydrogens is 425 g/mol. The number of rotatable bonds is 5. The molecule has 0 aliphatic heterocycles. The van der Waals surface area contributed by atoms with E-state index >= 15 is 0 Å². The van der Waals surface area contributed by atoms with Crippen molar-refractivity contribution in [2.75, 3.05) is 5.32 Å². The number of nitrogens with one attached hydrogen (secondary N) is 2. The van der Waals surface area contributed by atoms with Crippen molar-refractivity contribution >= 4 is 23.3 Å². The molecule has 8 nitrogen and oxygen atoms in total. The Hall–Kier alpha value is -3.98. The number of nitrogens with zero attached hydrogens (tertiary/aromatic N) is 3. The van der Waals surface area contributed by atoms with E-state index in [9.17, 15) is 18.8 Å². The minimum absolute atomic E-state index is 0.0245. The average molecular weight is 440 g/mol. The van der Waals surface area contributed by atoms with Crippen LogP contribution in [0.15, 0.2) is 76.4 Å². The average Bonchev–Trinajstić information content (AvgIpc) is 3.19. The van der Waals surface area contributed by atoms with Crippen molar-refractivity contribution in [2.45, 2.75) is 6.54 Å². The molecule has 0 bridgehead atoms. The van der Waals surface area contributed by atoms with Gasteiger partial charge in [0.2, 0.25) is 0 Å². The zero-order valence-corrected chi connectivity index (χ0v) is 16.6. The predicted molar refractivity (Wildman–Crippen MR) is 113 cm³/mol. The topological polar surface area (TPSA) is 102 Å². The summed E-state index contributed by atoms with van der Waals surface area (Å²) in [7, 11) is 0. The lowest BCUT2D eigenvalue weighted by Gasteiger charge is -2.11. The summed E-state index contributed by atoms with van der Waals surface area (Å²) in [4.78, 5) is 36.3. The fourth-order valence-corrected chi connectivity index (χ4v) is 3.08. The van der Waals surface area contributed by atoms with Crippen molar-refractivity contribution < 1.29 is 9.18 Å². The fourth-order valence-electron chi connectivity index (χ4n) is 2.97. The van der Waals surface area contributed by atoms with Crippen molar-refractivity contribution in [1.82, 2.24) is 19.6 Å². The fraction of sp³-hybridized carbons (Fsp3) is 0.0476. The first-order valence-electron chi connectivity index (χ1n) is 9.10. The summed E-state index contributed by atoms with van der Waals surface area (Å²) in [6.07, 6.45) is 1.51. The molecular formula is C21H15ClFN5O3. The highest BCUT2D eigenvalue weighted by molar-refractivity contribution is 6.30. The third kappa shape index (κ3) is 4.46. The molecule has 0 aliphatic carbocycles. The van der Waals surface area contributed by atoms with Crippen LogP contribution in [0.5, 0.6) is 0 Å². The first-order chi connectivity index (χ1) is 14.9. The van der Waals surface area contributed by atoms with Gasteiger partial charge in [-0.25, -0.2) is 13.8 Å². The molecule has 4 rings (SSSR count). The minimum atomic E-state index is -0.539. The summed E-state index contributed by atoms with van der Waals surface area (Å²) in [5, 5.41) is 9.33. The molecule has 0 spiro atoms. The summed E-state index contributed by atoms with van der Waals surface area (Å²) in [5.74, 6) is -0.587. The van der Waals surface area contributed by atoms with E-state index in [4.69, 9.17) is 11.6 Å². The summed E-state index contributed by atoms with van der Waals surface area (Å²) in [6.45, 7) is 0.220. The Bertz CT molecular complexity index is 1390. The van der Waals surface area contributed by atoms with E-state index in [1.807, 2.05) is 0 Å². The van der Waals surface area contributed by atoms with Gasteiger partial charge in [-0.2, -0.15) is 5.10 Å². The first kappa shape index (κ1) is 20.3. The number of aromatic nitrogens is 4. The summed E-state index contributed by atoms with van der Waals surface area (Å²) in [6, 6.07) is 14.5. The van der Waals surface area contributed by atoms with E-state index in [2.05, 4.69) is 15.5 Å². The zero-order chi connectivity index (χ0) is 22.0. The Morgan fingerprint density at radius 3 is 2.74 bits per heavy atom. The normalized spacial score (nSPS) is 10.8. The maximum atomic E-state index is 13.7. The summed E-state index contributed by atoms with van der Waals surface area (Å²) in [5.41, 5.74) is 0.331. The molecule has 0 atom stereocenters. The molecule has 31 heavy (non-hydrogen) atoms. The van der Waals surface area contributed by atoms with Crippen LogP contribution in [0.1, 0.15) is 15.9 Å². The van der Waals surface area contributed by atoms with Gasteiger partial charge in [-0.05, 0) is 35.9 Å². The highest BCUT2D eigenvalue weighted by Gasteiger charge is 2.12. The second-order valence-corrected chi connectivity index (χ2v) is 7.02. The Labute approximate surface area is 179 Å². The van der Waals surface area contributed by atoms with Crippen molar-refractivity contribution in [3.05, 3.63) is 110 Å². The van der Waals surface area contributed by atoms with Crippen LogP contribution in [0.4, 0.5) is 10.2 Å². The largest absolute Gasteiger partial charge is 0.307 e. The zero-order valence-electron chi connectivity index (χ0n) is 15.9. The second-order valence-electron chi connectivity index (χ2n) is 6.61. The van der Waals surface area contributed by atoms with E-state index in [0.717, 1.165) is 16.8 Å². The minimum Gasteiger partial charge on any atom is -0.307 e. The molecule has 2 aromatic carbocycles. The van der Waals surface area contributed by atoms with Crippen LogP contribution < -0.4 is 16.4 Å². The van der Waals surface area contributed by atoms with Gasteiger partial charge in [0.25, 0.3) is 17.0 Å². The molecule has 2 aromatic heterocycles. The number of carbonyl (C=O) groups excluding carboxylic acids is 1. The van der Waals surface area contributed by atoms with Gasteiger partial charge < -0.3 is 5.32 Å². The quantitative estimate of drug-likeness (QED) is 0.499. The van der Waals surface area contributed by atoms with Gasteiger partial charge >= 0.3 is 0 Å². The number of H-pyrrole nitrogens is 1. The highest BCUT2D eigenvalue weighted by atomic mass is 35.5. The maximum absolute atomic E-state index is 13.7. The molecule has 0 radical (unpaired) electrons. The number of hydrogen-bond acceptors (Lipinski definition) is 4. The standard InChI is InChI=1S/C21H15ClFN5O3/c22-16-5-4-13(10-17(16)23)12-27-18(8-9-24-27)25-21(31)14-2-1-3-15(11-14)28-20(30)7-6-19(29)26-28/h1-11H,12H2,(H,25,31)(H,26,29). The van der Waals surface area contributed by atoms with Crippen molar-refractivity contribution in [3.63, 3.8) is 0 Å². The van der Waals surface area contributed by atoms with E-state index < -0.39 is 22.8 Å². The predicted octanol–water partition coefficient (Wildman–Crippen LogP) is 2.82. The van der Waals surface area contributed by atoms with Crippen LogP contribution in [0.3, 0.4) is 0 Å². The molecule has 2 heterocycles. The van der Waals surface area contributed by atoms with Crippen LogP contribution in [0, 0.1) is 5.82 Å². The van der Waals surface area contributed by atoms with Crippen LogP contribution >= 0.6 is 11.6 Å². The number of halogens is 2. The molecule has 10 heteroatoms. The molecule has 0 aliphatic rings. The van der Waals surface area contributed by atoms with E-state index in [1.165, 1.54) is 29.1 Å². The SMILES string of the molecule is O=C(Nc1ccnn1Cc1ccc(Cl)c(F)c1)c1cccc(-n2[nH]c(=O)ccc2=O)c1. The maximum Gasteiger partial charge on any atom is 0.269 e. The number of amides is 1. The third-order valence-electron chi connectivity index (χ3n) is 4.46. The third-order valence-corrected chi connectivity index (χ3v) is 4.77. The van der Waals surface area contributed by atoms with E-state index in [1.54, 1.807) is 30.3 Å². The molecule has 0 saturated carbocycles. The molecule has 156 valence electrons. The number of aromatic amines is 1. The second kappa shape index (κ2) is 8.41. The van der Waals surface area contributed by atoms with Gasteiger partial charge in [0.15, 0.2) is 0 Å². The monoisotopic (exact) mass is 439 g/mol. The molecule has 2 N–H and O–H groups in total. The lowest BCUT2D eigenvalue weighted by atomic mass is 10.2. The lowest BCUT2D eigenvalue weighted by Crippen LogP contribution is -2.26. The van der Waals surface area contributed by atoms with Crippen LogP contribution in [-0.4, -0.2) is 25.5 Å². The molecule has 0 unspecified atom stereocenters. The lowest BCUT2D eigenvalue weighted by molar-refractivity contribution is 0.102. The Kier molecular flexibility index (Phi) is 5.50. The first-order valence-corrected chi connectivity index (χ1v) is 9.48. The molecule has 0 fully saturated rings. The van der Waals surface area contributed by atoms with Crippen LogP contribution in [0.2, 0.25) is 5.02 Å². The molecule has 4 aromatic rings. The van der Waals surface area contributed by atoms with Crippen molar-refractivity contribution in [1.29, 1.82) is 0 Å². The molecule has 0 saturated heterocycles. The van der Waals surface area contributed by atoms with Crippen molar-refractivity contribution in [2.24, 2.45) is 0 Å². The van der Waals surface area contributed by atoms with Gasteiger partial charge in [-0.1, -0.05) is 23.7 Å². The number of hydrogen-bond donors (Lipinski definition) is 2. The number of carbonyl (C=O) groups is 1. The van der Waals surface area contributed by atoms with Gasteiger partial charge in [0.05, 0.1) is 23.5 Å². The number of anilines is 1.